The van der Waals surface area contributed by atoms with E-state index in [1.165, 1.54) is 19.2 Å². The number of aromatic nitrogens is 7. The zero-order valence-corrected chi connectivity index (χ0v) is 44.4. The smallest absolute Gasteiger partial charge is 0.409 e. The molecule has 0 bridgehead atoms. The number of phenols is 1. The Hall–Kier alpha value is -7.32. The van der Waals surface area contributed by atoms with Crippen molar-refractivity contribution < 1.29 is 42.5 Å². The van der Waals surface area contributed by atoms with E-state index in [0.717, 1.165) is 93.2 Å². The minimum Gasteiger partial charge on any atom is -0.508 e. The number of ether oxygens (including phenoxy) is 3. The maximum absolute atomic E-state index is 17.0. The minimum absolute atomic E-state index is 0.0143. The summed E-state index contributed by atoms with van der Waals surface area (Å²) in [6.07, 6.45) is 11.3. The number of halogens is 2. The monoisotopic (exact) mass is 1070 g/mol. The normalized spacial score (nSPS) is 20.5. The lowest BCUT2D eigenvalue weighted by molar-refractivity contribution is -0.134. The fourth-order valence-electron chi connectivity index (χ4n) is 13.2. The molecule has 408 valence electrons. The summed E-state index contributed by atoms with van der Waals surface area (Å²) in [7, 11) is 3.28. The number of piperidine rings is 2. The third-order valence-electron chi connectivity index (χ3n) is 17.2. The van der Waals surface area contributed by atoms with Crippen molar-refractivity contribution in [1.29, 1.82) is 0 Å². The molecule has 0 radical (unpaired) electrons. The van der Waals surface area contributed by atoms with E-state index in [-0.39, 0.29) is 58.3 Å². The van der Waals surface area contributed by atoms with Gasteiger partial charge in [-0.1, -0.05) is 25.1 Å². The van der Waals surface area contributed by atoms with Crippen molar-refractivity contribution in [2.45, 2.75) is 114 Å². The molecule has 20 heteroatoms. The Morgan fingerprint density at radius 2 is 1.73 bits per heavy atom. The number of hydrogen-bond acceptors (Lipinski definition) is 14. The van der Waals surface area contributed by atoms with Crippen LogP contribution in [0, 0.1) is 11.6 Å². The van der Waals surface area contributed by atoms with Crippen molar-refractivity contribution in [3.05, 3.63) is 94.6 Å². The molecule has 0 aliphatic carbocycles. The lowest BCUT2D eigenvalue weighted by Gasteiger charge is -2.32. The molecule has 2 N–H and O–H groups in total. The van der Waals surface area contributed by atoms with Gasteiger partial charge in [0.1, 0.15) is 35.2 Å². The van der Waals surface area contributed by atoms with Gasteiger partial charge in [0.05, 0.1) is 65.7 Å². The molecule has 0 spiro atoms. The predicted molar refractivity (Wildman–Crippen MR) is 288 cm³/mol. The molecule has 18 nitrogen and oxygen atoms in total. The molecule has 78 heavy (non-hydrogen) atoms. The molecular weight excluding hydrogens is 1000 g/mol. The summed E-state index contributed by atoms with van der Waals surface area (Å²) in [4.78, 5) is 56.6. The molecule has 2 unspecified atom stereocenters. The van der Waals surface area contributed by atoms with Crippen molar-refractivity contribution in [3.8, 4) is 23.0 Å². The van der Waals surface area contributed by atoms with E-state index in [1.807, 2.05) is 37.0 Å². The Morgan fingerprint density at radius 1 is 0.910 bits per heavy atom. The number of amides is 3. The number of nitrogens with one attached hydrogen (secondary N) is 1. The molecule has 7 aromatic rings. The Morgan fingerprint density at radius 3 is 2.51 bits per heavy atom. The number of carbonyl (C=O) groups is 3. The number of phenolic OH excluding ortho intramolecular Hbond substituents is 1. The Labute approximate surface area is 450 Å². The predicted octanol–water partition coefficient (Wildman–Crippen LogP) is 8.22. The van der Waals surface area contributed by atoms with Crippen LogP contribution < -0.4 is 15.0 Å². The number of rotatable bonds is 9. The van der Waals surface area contributed by atoms with Gasteiger partial charge in [-0.2, -0.15) is 20.2 Å². The number of anilines is 1. The van der Waals surface area contributed by atoms with Crippen molar-refractivity contribution in [2.24, 2.45) is 7.05 Å². The van der Waals surface area contributed by atoms with Crippen LogP contribution in [0.1, 0.15) is 111 Å². The van der Waals surface area contributed by atoms with Crippen molar-refractivity contribution in [3.63, 3.8) is 0 Å². The number of aryl methyl sites for hydroxylation is 3. The van der Waals surface area contributed by atoms with E-state index in [9.17, 15) is 19.5 Å². The average molecular weight is 1070 g/mol. The molecule has 10 heterocycles. The van der Waals surface area contributed by atoms with Gasteiger partial charge in [-0.3, -0.25) is 29.2 Å². The first-order chi connectivity index (χ1) is 37.9. The largest absolute Gasteiger partial charge is 0.508 e. The van der Waals surface area contributed by atoms with Crippen LogP contribution in [-0.4, -0.2) is 139 Å². The average Bonchev–Trinajstić information content (AvgIpc) is 4.29. The van der Waals surface area contributed by atoms with E-state index >= 15 is 8.78 Å². The number of benzene rings is 3. The molecule has 3 aromatic carbocycles. The highest BCUT2D eigenvalue weighted by Crippen LogP contribution is 2.44. The summed E-state index contributed by atoms with van der Waals surface area (Å²) >= 11 is 0. The van der Waals surface area contributed by atoms with E-state index < -0.39 is 11.7 Å². The summed E-state index contributed by atoms with van der Waals surface area (Å²) in [6, 6.07) is 14.5. The lowest BCUT2D eigenvalue weighted by Crippen LogP contribution is -2.43. The second kappa shape index (κ2) is 21.1. The first-order valence-electron chi connectivity index (χ1n) is 27.6. The summed E-state index contributed by atoms with van der Waals surface area (Å²) in [5.74, 6) is -0.974. The molecule has 6 aliphatic rings. The van der Waals surface area contributed by atoms with E-state index in [0.29, 0.717) is 116 Å². The highest BCUT2D eigenvalue weighted by atomic mass is 19.1. The zero-order chi connectivity index (χ0) is 53.8. The highest BCUT2D eigenvalue weighted by molar-refractivity contribution is 6.04. The van der Waals surface area contributed by atoms with Crippen LogP contribution >= 0.6 is 0 Å². The Balaban J connectivity index is 0.000000162. The number of likely N-dealkylation sites (tertiary alicyclic amines) is 1. The Kier molecular flexibility index (Phi) is 13.9. The maximum Gasteiger partial charge on any atom is 0.409 e. The van der Waals surface area contributed by atoms with Crippen LogP contribution in [0.25, 0.3) is 43.8 Å². The summed E-state index contributed by atoms with van der Waals surface area (Å²) in [6.45, 7) is 8.42. The van der Waals surface area contributed by atoms with Crippen molar-refractivity contribution >= 4 is 56.3 Å². The number of pyridine rings is 1. The summed E-state index contributed by atoms with van der Waals surface area (Å²) < 4.78 is 52.9. The number of methoxy groups -OCH3 is 1. The van der Waals surface area contributed by atoms with Crippen LogP contribution in [-0.2, 0) is 45.5 Å². The quantitative estimate of drug-likeness (QED) is 0.131. The van der Waals surface area contributed by atoms with Gasteiger partial charge in [-0.05, 0) is 136 Å². The summed E-state index contributed by atoms with van der Waals surface area (Å²) in [5.41, 5.74) is 5.47. The lowest BCUT2D eigenvalue weighted by atomic mass is 9.92. The third kappa shape index (κ3) is 9.53. The van der Waals surface area contributed by atoms with E-state index in [4.69, 9.17) is 34.3 Å². The summed E-state index contributed by atoms with van der Waals surface area (Å²) in [5, 5.41) is 25.2. The molecule has 5 saturated heterocycles. The number of hydrogen-bond donors (Lipinski definition) is 2. The second-order valence-electron chi connectivity index (χ2n) is 21.8. The van der Waals surface area contributed by atoms with Crippen LogP contribution in [0.4, 0.5) is 19.4 Å². The third-order valence-corrected chi connectivity index (χ3v) is 17.2. The fraction of sp³-hybridized carbons (Fsp3) is 0.483. The molecule has 6 aliphatic heterocycles. The van der Waals surface area contributed by atoms with Crippen LogP contribution in [0.5, 0.6) is 11.8 Å². The van der Waals surface area contributed by atoms with Crippen LogP contribution in [0.15, 0.2) is 54.7 Å². The number of carbonyl (C=O) groups excluding carboxylic acids is 3. The van der Waals surface area contributed by atoms with Gasteiger partial charge in [0, 0.05) is 62.8 Å². The van der Waals surface area contributed by atoms with Crippen molar-refractivity contribution in [2.75, 3.05) is 64.6 Å². The van der Waals surface area contributed by atoms with Crippen LogP contribution in [0.3, 0.4) is 0 Å². The van der Waals surface area contributed by atoms with Gasteiger partial charge in [-0.25, -0.2) is 18.6 Å². The van der Waals surface area contributed by atoms with Gasteiger partial charge in [0.2, 0.25) is 11.8 Å². The maximum atomic E-state index is 17.0. The molecule has 2 atom stereocenters. The molecule has 0 saturated carbocycles. The SMILES string of the molecule is CCc1c(F)ccc2cc(O)cc(-c3nc4c5c(nc(OCC67CCCN6CCC7)nc5c3F)N3CCCOCC3CC4)c12.COC(=O)N1CCC(c2ccn(Cc3ccc4c(C5CCC(=O)NC5=O)nn(C)c4c3)n2)CC1. The number of nitrogens with zero attached hydrogens (tertiary/aromatic N) is 10. The van der Waals surface area contributed by atoms with Gasteiger partial charge < -0.3 is 29.1 Å². The van der Waals surface area contributed by atoms with Crippen molar-refractivity contribution in [1.82, 2.24) is 49.6 Å². The molecule has 4 aromatic heterocycles. The first-order valence-corrected chi connectivity index (χ1v) is 27.6. The fourth-order valence-corrected chi connectivity index (χ4v) is 13.2. The number of aromatic hydroxyl groups is 1. The number of imide groups is 1. The molecule has 3 amide bonds. The minimum atomic E-state index is -0.624. The van der Waals surface area contributed by atoms with Gasteiger partial charge >= 0.3 is 12.1 Å². The zero-order valence-electron chi connectivity index (χ0n) is 44.4. The van der Waals surface area contributed by atoms with Crippen LogP contribution in [0.2, 0.25) is 0 Å². The molecule has 5 fully saturated rings. The van der Waals surface area contributed by atoms with E-state index in [1.54, 1.807) is 21.7 Å². The van der Waals surface area contributed by atoms with Gasteiger partial charge in [-0.15, -0.1) is 0 Å². The topological polar surface area (TPSA) is 195 Å². The number of fused-ring (bicyclic) bond motifs is 5. The highest BCUT2D eigenvalue weighted by Gasteiger charge is 2.45. The Bertz CT molecular complexity index is 3470. The first kappa shape index (κ1) is 51.4. The second-order valence-corrected chi connectivity index (χ2v) is 21.8. The van der Waals surface area contributed by atoms with Gasteiger partial charge in [0.25, 0.3) is 0 Å². The van der Waals surface area contributed by atoms with Gasteiger partial charge in [0.15, 0.2) is 5.82 Å². The molecular formula is C58H65F2N11O7. The standard InChI is InChI=1S/C34H37F2N5O3.C24H28N6O4/c1-2-23-25(35)8-6-20-16-22(42)17-24(27(20)23)30-29(36)31-28-26(37-30)9-7-21-18-43-15-5-14-41(21)32(28)39-33(38-31)44-19-34-10-3-12-40(34)13-4-11-34;1-28-20-13-15(3-4-17(20)22(27-28)18-5-6-21(31)25-23(18)32)14-30-12-9-19(26-30)16-7-10-29(11-8-16)24(33)34-2/h6,8,16-17,21,42H,2-5,7,9-15,18-19H2,1H3;3-4,9,12-13,16,18H,5-8,10-11,14H2,1-2H3,(H,25,31,32). The molecule has 13 rings (SSSR count). The van der Waals surface area contributed by atoms with E-state index in [2.05, 4.69) is 32.3 Å².